The van der Waals surface area contributed by atoms with E-state index in [0.29, 0.717) is 18.7 Å². The molecule has 1 aliphatic rings. The number of aliphatic hydroxyl groups excluding tert-OH is 1. The molecule has 0 bridgehead atoms. The molecule has 4 nitrogen and oxygen atoms in total. The van der Waals surface area contributed by atoms with Crippen LogP contribution in [0.4, 0.5) is 0 Å². The molecule has 1 aromatic carbocycles. The number of ether oxygens (including phenoxy) is 1. The van der Waals surface area contributed by atoms with E-state index in [1.54, 1.807) is 7.11 Å². The van der Waals surface area contributed by atoms with E-state index in [2.05, 4.69) is 36.3 Å². The molecule has 2 N–H and O–H groups in total. The molecule has 0 spiro atoms. The highest BCUT2D eigenvalue weighted by molar-refractivity contribution is 5.26. The van der Waals surface area contributed by atoms with Crippen LogP contribution in [-0.2, 0) is 10.3 Å². The fraction of sp³-hybridized carbons (Fsp3) is 0.647. The minimum Gasteiger partial charge on any atom is -0.394 e. The Morgan fingerprint density at radius 3 is 2.57 bits per heavy atom. The minimum absolute atomic E-state index is 0.0948. The first kappa shape index (κ1) is 16.4. The summed E-state index contributed by atoms with van der Waals surface area (Å²) < 4.78 is 5.25. The molecule has 1 fully saturated rings. The normalized spacial score (nSPS) is 19.5. The molecule has 4 heteroatoms. The number of nitrogens with one attached hydrogen (secondary N) is 1. The zero-order valence-electron chi connectivity index (χ0n) is 13.4. The van der Waals surface area contributed by atoms with E-state index >= 15 is 0 Å². The van der Waals surface area contributed by atoms with Crippen molar-refractivity contribution in [2.75, 3.05) is 33.9 Å². The van der Waals surface area contributed by atoms with Crippen LogP contribution >= 0.6 is 0 Å². The molecular formula is C17H28N2O2. The van der Waals surface area contributed by atoms with E-state index in [0.717, 1.165) is 12.1 Å². The van der Waals surface area contributed by atoms with Gasteiger partial charge in [0.15, 0.2) is 0 Å². The van der Waals surface area contributed by atoms with Gasteiger partial charge in [-0.2, -0.15) is 0 Å². The maximum Gasteiger partial charge on any atom is 0.0800 e. The van der Waals surface area contributed by atoms with Crippen LogP contribution in [0, 0.1) is 0 Å². The van der Waals surface area contributed by atoms with Gasteiger partial charge < -0.3 is 15.2 Å². The zero-order chi connectivity index (χ0) is 15.3. The largest absolute Gasteiger partial charge is 0.394 e. The fourth-order valence-corrected chi connectivity index (χ4v) is 2.73. The molecule has 1 aliphatic carbocycles. The van der Waals surface area contributed by atoms with Gasteiger partial charge in [-0.1, -0.05) is 30.3 Å². The highest BCUT2D eigenvalue weighted by Gasteiger charge is 2.38. The summed E-state index contributed by atoms with van der Waals surface area (Å²) in [5.41, 5.74) is 0.745. The lowest BCUT2D eigenvalue weighted by atomic mass is 9.89. The van der Waals surface area contributed by atoms with Crippen molar-refractivity contribution in [1.29, 1.82) is 0 Å². The molecule has 21 heavy (non-hydrogen) atoms. The van der Waals surface area contributed by atoms with Crippen molar-refractivity contribution < 1.29 is 9.84 Å². The van der Waals surface area contributed by atoms with Crippen molar-refractivity contribution in [3.05, 3.63) is 35.9 Å². The number of benzene rings is 1. The summed E-state index contributed by atoms with van der Waals surface area (Å²) in [5.74, 6) is 0. The molecule has 2 unspecified atom stereocenters. The van der Waals surface area contributed by atoms with Gasteiger partial charge in [-0.05, 0) is 32.4 Å². The van der Waals surface area contributed by atoms with Gasteiger partial charge in [0.05, 0.1) is 18.8 Å². The lowest BCUT2D eigenvalue weighted by molar-refractivity contribution is 0.0673. The number of hydrogen-bond acceptors (Lipinski definition) is 4. The fourth-order valence-electron chi connectivity index (χ4n) is 2.73. The average molecular weight is 292 g/mol. The lowest BCUT2D eigenvalue weighted by Gasteiger charge is -2.39. The predicted octanol–water partition coefficient (Wildman–Crippen LogP) is 1.59. The summed E-state index contributed by atoms with van der Waals surface area (Å²) >= 11 is 0. The highest BCUT2D eigenvalue weighted by atomic mass is 16.5. The summed E-state index contributed by atoms with van der Waals surface area (Å²) in [7, 11) is 3.81. The van der Waals surface area contributed by atoms with Gasteiger partial charge in [-0.15, -0.1) is 0 Å². The van der Waals surface area contributed by atoms with E-state index in [1.807, 2.05) is 18.2 Å². The van der Waals surface area contributed by atoms with Gasteiger partial charge in [-0.3, -0.25) is 4.90 Å². The Labute approximate surface area is 128 Å². The summed E-state index contributed by atoms with van der Waals surface area (Å²) in [6.45, 7) is 3.69. The Kier molecular flexibility index (Phi) is 5.76. The summed E-state index contributed by atoms with van der Waals surface area (Å²) in [6, 6.07) is 11.1. The van der Waals surface area contributed by atoms with Crippen LogP contribution in [-0.4, -0.2) is 56.0 Å². The molecule has 0 aliphatic heterocycles. The third-order valence-electron chi connectivity index (χ3n) is 4.33. The SMILES string of the molecule is COCC(C)N(C)CC(CO)(NC1CC1)c1ccccc1. The molecular weight excluding hydrogens is 264 g/mol. The van der Waals surface area contributed by atoms with E-state index in [1.165, 1.54) is 12.8 Å². The molecule has 0 aromatic heterocycles. The Balaban J connectivity index is 2.18. The average Bonchev–Trinajstić information content (AvgIpc) is 3.31. The van der Waals surface area contributed by atoms with Gasteiger partial charge in [0.1, 0.15) is 0 Å². The van der Waals surface area contributed by atoms with Crippen LogP contribution in [0.25, 0.3) is 0 Å². The number of hydrogen-bond donors (Lipinski definition) is 2. The predicted molar refractivity (Wildman–Crippen MR) is 85.3 cm³/mol. The van der Waals surface area contributed by atoms with Crippen LogP contribution in [0.1, 0.15) is 25.3 Å². The molecule has 2 rings (SSSR count). The molecule has 0 radical (unpaired) electrons. The zero-order valence-corrected chi connectivity index (χ0v) is 13.4. The quantitative estimate of drug-likeness (QED) is 0.725. The van der Waals surface area contributed by atoms with Gasteiger partial charge in [0, 0.05) is 25.7 Å². The molecule has 118 valence electrons. The van der Waals surface area contributed by atoms with Gasteiger partial charge in [0.25, 0.3) is 0 Å². The second-order valence-corrected chi connectivity index (χ2v) is 6.24. The van der Waals surface area contributed by atoms with Crippen molar-refractivity contribution in [1.82, 2.24) is 10.2 Å². The Morgan fingerprint density at radius 2 is 2.05 bits per heavy atom. The topological polar surface area (TPSA) is 44.7 Å². The maximum absolute atomic E-state index is 10.1. The lowest BCUT2D eigenvalue weighted by Crippen LogP contribution is -2.55. The second kappa shape index (κ2) is 7.36. The molecule has 0 heterocycles. The first-order valence-electron chi connectivity index (χ1n) is 7.74. The monoisotopic (exact) mass is 292 g/mol. The molecule has 1 saturated carbocycles. The Morgan fingerprint density at radius 1 is 1.38 bits per heavy atom. The van der Waals surface area contributed by atoms with Crippen molar-refractivity contribution in [3.8, 4) is 0 Å². The van der Waals surface area contributed by atoms with Crippen molar-refractivity contribution in [2.24, 2.45) is 0 Å². The number of rotatable bonds is 9. The van der Waals surface area contributed by atoms with E-state index < -0.39 is 5.54 Å². The summed E-state index contributed by atoms with van der Waals surface area (Å²) in [6.07, 6.45) is 2.40. The van der Waals surface area contributed by atoms with E-state index in [9.17, 15) is 5.11 Å². The molecule has 0 amide bonds. The third-order valence-corrected chi connectivity index (χ3v) is 4.33. The number of methoxy groups -OCH3 is 1. The van der Waals surface area contributed by atoms with Crippen LogP contribution in [0.15, 0.2) is 30.3 Å². The van der Waals surface area contributed by atoms with Gasteiger partial charge >= 0.3 is 0 Å². The third kappa shape index (κ3) is 4.27. The van der Waals surface area contributed by atoms with E-state index in [-0.39, 0.29) is 6.61 Å². The molecule has 2 atom stereocenters. The smallest absolute Gasteiger partial charge is 0.0800 e. The number of nitrogens with zero attached hydrogens (tertiary/aromatic N) is 1. The second-order valence-electron chi connectivity index (χ2n) is 6.24. The van der Waals surface area contributed by atoms with Gasteiger partial charge in [0.2, 0.25) is 0 Å². The first-order chi connectivity index (χ1) is 10.1. The summed E-state index contributed by atoms with van der Waals surface area (Å²) in [5, 5.41) is 13.8. The van der Waals surface area contributed by atoms with Crippen molar-refractivity contribution in [3.63, 3.8) is 0 Å². The van der Waals surface area contributed by atoms with Crippen LogP contribution in [0.3, 0.4) is 0 Å². The van der Waals surface area contributed by atoms with Gasteiger partial charge in [-0.25, -0.2) is 0 Å². The maximum atomic E-state index is 10.1. The molecule has 0 saturated heterocycles. The summed E-state index contributed by atoms with van der Waals surface area (Å²) in [4.78, 5) is 2.25. The number of likely N-dealkylation sites (N-methyl/N-ethyl adjacent to an activating group) is 1. The highest BCUT2D eigenvalue weighted by Crippen LogP contribution is 2.29. The minimum atomic E-state index is -0.404. The van der Waals surface area contributed by atoms with Crippen LogP contribution < -0.4 is 5.32 Å². The first-order valence-corrected chi connectivity index (χ1v) is 7.74. The number of aliphatic hydroxyl groups is 1. The van der Waals surface area contributed by atoms with Crippen molar-refractivity contribution in [2.45, 2.75) is 37.4 Å². The Hall–Kier alpha value is -0.940. The molecule has 1 aromatic rings. The van der Waals surface area contributed by atoms with Crippen LogP contribution in [0.2, 0.25) is 0 Å². The van der Waals surface area contributed by atoms with Crippen molar-refractivity contribution >= 4 is 0 Å². The standard InChI is InChI=1S/C17H28N2O2/c1-14(11-21-3)19(2)12-17(13-20,18-16-9-10-16)15-7-5-4-6-8-15/h4-8,14,16,18,20H,9-13H2,1-3H3. The Bertz CT molecular complexity index is 422. The van der Waals surface area contributed by atoms with Crippen LogP contribution in [0.5, 0.6) is 0 Å². The van der Waals surface area contributed by atoms with E-state index in [4.69, 9.17) is 4.74 Å².